The molecule has 1 amide bonds. The molecule has 0 aliphatic carbocycles. The summed E-state index contributed by atoms with van der Waals surface area (Å²) in [7, 11) is 0. The highest BCUT2D eigenvalue weighted by molar-refractivity contribution is 5.78. The van der Waals surface area contributed by atoms with Crippen molar-refractivity contribution in [2.45, 2.75) is 40.0 Å². The van der Waals surface area contributed by atoms with Crippen LogP contribution in [0, 0.1) is 11.8 Å². The third-order valence-electron chi connectivity index (χ3n) is 1.87. The molecule has 0 spiro atoms. The van der Waals surface area contributed by atoms with Crippen LogP contribution in [0.2, 0.25) is 0 Å². The van der Waals surface area contributed by atoms with Crippen LogP contribution in [0.3, 0.4) is 0 Å². The maximum absolute atomic E-state index is 10.9. The molecule has 3 nitrogen and oxygen atoms in total. The standard InChI is InChI=1S/C10H19NO2/c1-7(2)4-9(5-8(3)12)6-10(11)13/h7,9H,4-6H2,1-3H3,(H2,11,13). The molecule has 0 rings (SSSR count). The lowest BCUT2D eigenvalue weighted by molar-refractivity contribution is -0.120. The molecule has 0 aliphatic heterocycles. The van der Waals surface area contributed by atoms with Gasteiger partial charge in [-0.05, 0) is 25.2 Å². The topological polar surface area (TPSA) is 60.2 Å². The van der Waals surface area contributed by atoms with E-state index in [1.165, 1.54) is 0 Å². The number of hydrogen-bond acceptors (Lipinski definition) is 2. The van der Waals surface area contributed by atoms with Crippen molar-refractivity contribution in [3.05, 3.63) is 0 Å². The van der Waals surface area contributed by atoms with E-state index in [0.29, 0.717) is 18.8 Å². The minimum Gasteiger partial charge on any atom is -0.370 e. The van der Waals surface area contributed by atoms with Gasteiger partial charge in [-0.1, -0.05) is 13.8 Å². The zero-order valence-corrected chi connectivity index (χ0v) is 8.67. The van der Waals surface area contributed by atoms with Crippen molar-refractivity contribution in [2.75, 3.05) is 0 Å². The van der Waals surface area contributed by atoms with E-state index in [2.05, 4.69) is 13.8 Å². The highest BCUT2D eigenvalue weighted by atomic mass is 16.1. The van der Waals surface area contributed by atoms with E-state index in [1.807, 2.05) is 0 Å². The van der Waals surface area contributed by atoms with Crippen LogP contribution in [0.15, 0.2) is 0 Å². The first-order valence-corrected chi connectivity index (χ1v) is 4.69. The number of ketones is 1. The van der Waals surface area contributed by atoms with Crippen molar-refractivity contribution in [1.82, 2.24) is 0 Å². The van der Waals surface area contributed by atoms with E-state index < -0.39 is 0 Å². The van der Waals surface area contributed by atoms with Gasteiger partial charge in [0.25, 0.3) is 0 Å². The Labute approximate surface area is 79.7 Å². The SMILES string of the molecule is CC(=O)CC(CC(N)=O)CC(C)C. The van der Waals surface area contributed by atoms with Gasteiger partial charge in [0, 0.05) is 12.8 Å². The zero-order chi connectivity index (χ0) is 10.4. The van der Waals surface area contributed by atoms with Crippen LogP contribution in [-0.4, -0.2) is 11.7 Å². The minimum atomic E-state index is -0.313. The fourth-order valence-electron chi connectivity index (χ4n) is 1.60. The Kier molecular flexibility index (Phi) is 5.35. The molecule has 3 heteroatoms. The van der Waals surface area contributed by atoms with Gasteiger partial charge in [-0.3, -0.25) is 4.79 Å². The zero-order valence-electron chi connectivity index (χ0n) is 8.67. The Hall–Kier alpha value is -0.860. The molecule has 1 atom stereocenters. The van der Waals surface area contributed by atoms with E-state index in [4.69, 9.17) is 5.73 Å². The summed E-state index contributed by atoms with van der Waals surface area (Å²) >= 11 is 0. The Morgan fingerprint density at radius 1 is 1.23 bits per heavy atom. The number of nitrogens with two attached hydrogens (primary N) is 1. The number of carbonyl (C=O) groups excluding carboxylic acids is 2. The van der Waals surface area contributed by atoms with Gasteiger partial charge in [0.1, 0.15) is 5.78 Å². The summed E-state index contributed by atoms with van der Waals surface area (Å²) in [5, 5.41) is 0. The smallest absolute Gasteiger partial charge is 0.217 e. The fourth-order valence-corrected chi connectivity index (χ4v) is 1.60. The van der Waals surface area contributed by atoms with Crippen molar-refractivity contribution in [3.63, 3.8) is 0 Å². The molecule has 2 N–H and O–H groups in total. The molecular formula is C10H19NO2. The molecule has 0 saturated heterocycles. The highest BCUT2D eigenvalue weighted by Crippen LogP contribution is 2.18. The molecule has 0 bridgehead atoms. The lowest BCUT2D eigenvalue weighted by Crippen LogP contribution is -2.19. The highest BCUT2D eigenvalue weighted by Gasteiger charge is 2.15. The molecule has 0 heterocycles. The van der Waals surface area contributed by atoms with Crippen LogP contribution in [0.4, 0.5) is 0 Å². The van der Waals surface area contributed by atoms with E-state index in [0.717, 1.165) is 6.42 Å². The fraction of sp³-hybridized carbons (Fsp3) is 0.800. The average molecular weight is 185 g/mol. The summed E-state index contributed by atoms with van der Waals surface area (Å²) in [6.07, 6.45) is 1.70. The van der Waals surface area contributed by atoms with Crippen LogP contribution >= 0.6 is 0 Å². The van der Waals surface area contributed by atoms with Crippen molar-refractivity contribution >= 4 is 11.7 Å². The third-order valence-corrected chi connectivity index (χ3v) is 1.87. The Morgan fingerprint density at radius 2 is 1.77 bits per heavy atom. The molecule has 0 fully saturated rings. The number of primary amides is 1. The molecule has 0 aromatic heterocycles. The van der Waals surface area contributed by atoms with Crippen molar-refractivity contribution < 1.29 is 9.59 Å². The Bertz CT molecular complexity index is 171. The molecule has 0 saturated carbocycles. The van der Waals surface area contributed by atoms with Crippen molar-refractivity contribution in [1.29, 1.82) is 0 Å². The predicted molar refractivity (Wildman–Crippen MR) is 52.1 cm³/mol. The van der Waals surface area contributed by atoms with Crippen LogP contribution in [0.5, 0.6) is 0 Å². The van der Waals surface area contributed by atoms with E-state index in [1.54, 1.807) is 6.92 Å². The van der Waals surface area contributed by atoms with Gasteiger partial charge in [-0.2, -0.15) is 0 Å². The van der Waals surface area contributed by atoms with Gasteiger partial charge in [0.2, 0.25) is 5.91 Å². The molecule has 76 valence electrons. The Morgan fingerprint density at radius 3 is 2.08 bits per heavy atom. The van der Waals surface area contributed by atoms with Crippen LogP contribution in [0.1, 0.15) is 40.0 Å². The predicted octanol–water partition coefficient (Wildman–Crippen LogP) is 1.50. The quantitative estimate of drug-likeness (QED) is 0.681. The molecular weight excluding hydrogens is 166 g/mol. The number of hydrogen-bond donors (Lipinski definition) is 1. The summed E-state index contributed by atoms with van der Waals surface area (Å²) in [6.45, 7) is 5.70. The van der Waals surface area contributed by atoms with Crippen LogP contribution < -0.4 is 5.73 Å². The lowest BCUT2D eigenvalue weighted by Gasteiger charge is -2.15. The second-order valence-electron chi connectivity index (χ2n) is 4.07. The van der Waals surface area contributed by atoms with E-state index in [9.17, 15) is 9.59 Å². The number of Topliss-reactive ketones (excluding diaryl/α,β-unsaturated/α-hetero) is 1. The molecule has 1 unspecified atom stereocenters. The maximum Gasteiger partial charge on any atom is 0.217 e. The largest absolute Gasteiger partial charge is 0.370 e. The number of amides is 1. The molecule has 0 aromatic carbocycles. The second-order valence-corrected chi connectivity index (χ2v) is 4.07. The minimum absolute atomic E-state index is 0.131. The monoisotopic (exact) mass is 185 g/mol. The first-order valence-electron chi connectivity index (χ1n) is 4.69. The molecule has 0 radical (unpaired) electrons. The van der Waals surface area contributed by atoms with E-state index in [-0.39, 0.29) is 17.6 Å². The van der Waals surface area contributed by atoms with Gasteiger partial charge in [0.05, 0.1) is 0 Å². The van der Waals surface area contributed by atoms with Gasteiger partial charge >= 0.3 is 0 Å². The van der Waals surface area contributed by atoms with Crippen LogP contribution in [0.25, 0.3) is 0 Å². The normalized spacial score (nSPS) is 12.9. The van der Waals surface area contributed by atoms with Gasteiger partial charge in [-0.15, -0.1) is 0 Å². The van der Waals surface area contributed by atoms with Gasteiger partial charge < -0.3 is 10.5 Å². The van der Waals surface area contributed by atoms with Gasteiger partial charge in [0.15, 0.2) is 0 Å². The summed E-state index contributed by atoms with van der Waals surface area (Å²) in [5.41, 5.74) is 5.09. The van der Waals surface area contributed by atoms with Crippen molar-refractivity contribution in [2.24, 2.45) is 17.6 Å². The summed E-state index contributed by atoms with van der Waals surface area (Å²) < 4.78 is 0. The lowest BCUT2D eigenvalue weighted by atomic mass is 9.90. The molecule has 0 aromatic rings. The van der Waals surface area contributed by atoms with Gasteiger partial charge in [-0.25, -0.2) is 0 Å². The third kappa shape index (κ3) is 7.50. The number of carbonyl (C=O) groups is 2. The Balaban J connectivity index is 4.02. The van der Waals surface area contributed by atoms with Crippen molar-refractivity contribution in [3.8, 4) is 0 Å². The first kappa shape index (κ1) is 12.1. The summed E-state index contributed by atoms with van der Waals surface area (Å²) in [4.78, 5) is 21.5. The second kappa shape index (κ2) is 5.73. The van der Waals surface area contributed by atoms with Crippen LogP contribution in [-0.2, 0) is 9.59 Å². The number of rotatable bonds is 6. The molecule has 0 aliphatic rings. The van der Waals surface area contributed by atoms with E-state index >= 15 is 0 Å². The molecule has 13 heavy (non-hydrogen) atoms. The maximum atomic E-state index is 10.9. The summed E-state index contributed by atoms with van der Waals surface area (Å²) in [5.74, 6) is 0.456. The summed E-state index contributed by atoms with van der Waals surface area (Å²) in [6, 6.07) is 0. The first-order chi connectivity index (χ1) is 5.91. The average Bonchev–Trinajstić information content (AvgIpc) is 1.80.